The van der Waals surface area contributed by atoms with E-state index in [1.807, 2.05) is 31.2 Å². The number of carbonyl (C=O) groups excluding carboxylic acids is 1. The van der Waals surface area contributed by atoms with Crippen LogP contribution in [0.15, 0.2) is 30.3 Å². The molecule has 5 nitrogen and oxygen atoms in total. The Kier molecular flexibility index (Phi) is 5.03. The number of nitrogens with two attached hydrogens (primary N) is 1. The molecule has 0 unspecified atom stereocenters. The number of benzene rings is 1. The summed E-state index contributed by atoms with van der Waals surface area (Å²) < 4.78 is 5.23. The van der Waals surface area contributed by atoms with Crippen LogP contribution in [0.25, 0.3) is 10.9 Å². The SMILES string of the molecule is Cc1cc(C(=O)NCCOCCN)c2ccccc2n1. The van der Waals surface area contributed by atoms with Gasteiger partial charge in [0.05, 0.1) is 24.3 Å². The molecule has 0 saturated carbocycles. The largest absolute Gasteiger partial charge is 0.378 e. The molecule has 1 amide bonds. The quantitative estimate of drug-likeness (QED) is 0.776. The van der Waals surface area contributed by atoms with Gasteiger partial charge in [-0.05, 0) is 19.1 Å². The number of ether oxygens (including phenoxy) is 1. The standard InChI is InChI=1S/C15H19N3O2/c1-11-10-13(12-4-2-3-5-14(12)18-11)15(19)17-7-9-20-8-6-16/h2-5,10H,6-9,16H2,1H3,(H,17,19). The predicted molar refractivity (Wildman–Crippen MR) is 78.7 cm³/mol. The molecule has 0 aliphatic carbocycles. The highest BCUT2D eigenvalue weighted by Gasteiger charge is 2.11. The maximum Gasteiger partial charge on any atom is 0.252 e. The fourth-order valence-electron chi connectivity index (χ4n) is 2.01. The van der Waals surface area contributed by atoms with Crippen molar-refractivity contribution in [3.63, 3.8) is 0 Å². The van der Waals surface area contributed by atoms with Crippen molar-refractivity contribution in [2.75, 3.05) is 26.3 Å². The third-order valence-corrected chi connectivity index (χ3v) is 2.88. The lowest BCUT2D eigenvalue weighted by Crippen LogP contribution is -2.28. The molecule has 0 bridgehead atoms. The van der Waals surface area contributed by atoms with Crippen LogP contribution < -0.4 is 11.1 Å². The van der Waals surface area contributed by atoms with Gasteiger partial charge >= 0.3 is 0 Å². The summed E-state index contributed by atoms with van der Waals surface area (Å²) in [6.45, 7) is 3.81. The second-order valence-electron chi connectivity index (χ2n) is 4.49. The Morgan fingerprint density at radius 2 is 2.15 bits per heavy atom. The van der Waals surface area contributed by atoms with E-state index in [1.165, 1.54) is 0 Å². The van der Waals surface area contributed by atoms with Crippen LogP contribution >= 0.6 is 0 Å². The van der Waals surface area contributed by atoms with Crippen molar-refractivity contribution in [2.24, 2.45) is 5.73 Å². The number of fused-ring (bicyclic) bond motifs is 1. The molecule has 1 aromatic carbocycles. The average molecular weight is 273 g/mol. The molecule has 1 heterocycles. The third-order valence-electron chi connectivity index (χ3n) is 2.88. The molecular weight excluding hydrogens is 254 g/mol. The van der Waals surface area contributed by atoms with E-state index in [-0.39, 0.29) is 5.91 Å². The topological polar surface area (TPSA) is 77.2 Å². The van der Waals surface area contributed by atoms with Gasteiger partial charge < -0.3 is 15.8 Å². The summed E-state index contributed by atoms with van der Waals surface area (Å²) in [4.78, 5) is 16.6. The monoisotopic (exact) mass is 273 g/mol. The molecule has 0 saturated heterocycles. The average Bonchev–Trinajstić information content (AvgIpc) is 2.46. The zero-order chi connectivity index (χ0) is 14.4. The lowest BCUT2D eigenvalue weighted by atomic mass is 10.1. The van der Waals surface area contributed by atoms with Gasteiger partial charge in [-0.25, -0.2) is 0 Å². The zero-order valence-electron chi connectivity index (χ0n) is 11.6. The van der Waals surface area contributed by atoms with Crippen LogP contribution in [0.4, 0.5) is 0 Å². The summed E-state index contributed by atoms with van der Waals surface area (Å²) in [6.07, 6.45) is 0. The number of amides is 1. The Labute approximate surface area is 118 Å². The number of carbonyl (C=O) groups is 1. The lowest BCUT2D eigenvalue weighted by Gasteiger charge is -2.09. The fourth-order valence-corrected chi connectivity index (χ4v) is 2.01. The van der Waals surface area contributed by atoms with Crippen molar-refractivity contribution < 1.29 is 9.53 Å². The van der Waals surface area contributed by atoms with Gasteiger partial charge in [-0.3, -0.25) is 9.78 Å². The maximum atomic E-state index is 12.2. The van der Waals surface area contributed by atoms with Gasteiger partial charge in [-0.1, -0.05) is 18.2 Å². The van der Waals surface area contributed by atoms with Crippen molar-refractivity contribution in [2.45, 2.75) is 6.92 Å². The first kappa shape index (κ1) is 14.4. The number of hydrogen-bond acceptors (Lipinski definition) is 4. The molecule has 0 atom stereocenters. The normalized spacial score (nSPS) is 10.7. The molecule has 20 heavy (non-hydrogen) atoms. The van der Waals surface area contributed by atoms with Gasteiger partial charge in [-0.15, -0.1) is 0 Å². The van der Waals surface area contributed by atoms with Crippen LogP contribution in [0.2, 0.25) is 0 Å². The molecule has 2 aromatic rings. The number of rotatable bonds is 6. The molecule has 0 radical (unpaired) electrons. The first-order valence-corrected chi connectivity index (χ1v) is 6.65. The Hall–Kier alpha value is -1.98. The Morgan fingerprint density at radius 1 is 1.35 bits per heavy atom. The molecule has 0 fully saturated rings. The first-order valence-electron chi connectivity index (χ1n) is 6.65. The minimum Gasteiger partial charge on any atom is -0.378 e. The zero-order valence-corrected chi connectivity index (χ0v) is 11.6. The second-order valence-corrected chi connectivity index (χ2v) is 4.49. The van der Waals surface area contributed by atoms with E-state index in [1.54, 1.807) is 6.07 Å². The number of hydrogen-bond donors (Lipinski definition) is 2. The summed E-state index contributed by atoms with van der Waals surface area (Å²) in [6, 6.07) is 9.43. The molecular formula is C15H19N3O2. The van der Waals surface area contributed by atoms with Crippen molar-refractivity contribution in [1.29, 1.82) is 0 Å². The van der Waals surface area contributed by atoms with Gasteiger partial charge in [0.15, 0.2) is 0 Å². The van der Waals surface area contributed by atoms with E-state index in [0.717, 1.165) is 16.6 Å². The molecule has 5 heteroatoms. The highest BCUT2D eigenvalue weighted by atomic mass is 16.5. The van der Waals surface area contributed by atoms with Crippen LogP contribution in [0.1, 0.15) is 16.1 Å². The minimum absolute atomic E-state index is 0.108. The minimum atomic E-state index is -0.108. The van der Waals surface area contributed by atoms with Crippen LogP contribution in [0.5, 0.6) is 0 Å². The number of nitrogens with zero attached hydrogens (tertiary/aromatic N) is 1. The predicted octanol–water partition coefficient (Wildman–Crippen LogP) is 1.25. The van der Waals surface area contributed by atoms with Crippen molar-refractivity contribution in [3.05, 3.63) is 41.6 Å². The van der Waals surface area contributed by atoms with E-state index >= 15 is 0 Å². The highest BCUT2D eigenvalue weighted by Crippen LogP contribution is 2.17. The van der Waals surface area contributed by atoms with Crippen LogP contribution in [0, 0.1) is 6.92 Å². The fraction of sp³-hybridized carbons (Fsp3) is 0.333. The molecule has 2 rings (SSSR count). The second kappa shape index (κ2) is 6.98. The number of pyridine rings is 1. The van der Waals surface area contributed by atoms with Crippen LogP contribution in [-0.4, -0.2) is 37.2 Å². The maximum absolute atomic E-state index is 12.2. The smallest absolute Gasteiger partial charge is 0.252 e. The molecule has 1 aromatic heterocycles. The number of nitrogens with one attached hydrogen (secondary N) is 1. The Morgan fingerprint density at radius 3 is 2.95 bits per heavy atom. The van der Waals surface area contributed by atoms with E-state index in [0.29, 0.717) is 31.9 Å². The van der Waals surface area contributed by atoms with E-state index in [2.05, 4.69) is 10.3 Å². The summed E-state index contributed by atoms with van der Waals surface area (Å²) >= 11 is 0. The summed E-state index contributed by atoms with van der Waals surface area (Å²) in [5.41, 5.74) is 7.62. The first-order chi connectivity index (χ1) is 9.72. The van der Waals surface area contributed by atoms with Gasteiger partial charge in [0.1, 0.15) is 0 Å². The summed E-state index contributed by atoms with van der Waals surface area (Å²) in [7, 11) is 0. The van der Waals surface area contributed by atoms with Gasteiger partial charge in [0, 0.05) is 24.2 Å². The molecule has 3 N–H and O–H groups in total. The summed E-state index contributed by atoms with van der Waals surface area (Å²) in [5, 5.41) is 3.70. The molecule has 0 spiro atoms. The Balaban J connectivity index is 2.09. The molecule has 0 aliphatic rings. The number of aryl methyl sites for hydroxylation is 1. The van der Waals surface area contributed by atoms with Crippen LogP contribution in [-0.2, 0) is 4.74 Å². The third kappa shape index (κ3) is 3.53. The summed E-state index contributed by atoms with van der Waals surface area (Å²) in [5.74, 6) is -0.108. The van der Waals surface area contributed by atoms with Crippen molar-refractivity contribution in [1.82, 2.24) is 10.3 Å². The van der Waals surface area contributed by atoms with Crippen molar-refractivity contribution in [3.8, 4) is 0 Å². The van der Waals surface area contributed by atoms with E-state index < -0.39 is 0 Å². The number of aromatic nitrogens is 1. The van der Waals surface area contributed by atoms with E-state index in [9.17, 15) is 4.79 Å². The number of para-hydroxylation sites is 1. The molecule has 0 aliphatic heterocycles. The van der Waals surface area contributed by atoms with Gasteiger partial charge in [0.2, 0.25) is 0 Å². The molecule has 106 valence electrons. The highest BCUT2D eigenvalue weighted by molar-refractivity contribution is 6.06. The van der Waals surface area contributed by atoms with E-state index in [4.69, 9.17) is 10.5 Å². The van der Waals surface area contributed by atoms with Gasteiger partial charge in [0.25, 0.3) is 5.91 Å². The van der Waals surface area contributed by atoms with Crippen molar-refractivity contribution >= 4 is 16.8 Å². The van der Waals surface area contributed by atoms with Crippen LogP contribution in [0.3, 0.4) is 0 Å². The Bertz CT molecular complexity index is 599. The lowest BCUT2D eigenvalue weighted by molar-refractivity contribution is 0.0921. The van der Waals surface area contributed by atoms with Gasteiger partial charge in [-0.2, -0.15) is 0 Å².